The molecule has 0 aliphatic carbocycles. The molecule has 0 aliphatic heterocycles. The lowest BCUT2D eigenvalue weighted by Crippen LogP contribution is -2.11. The molecule has 0 saturated carbocycles. The number of sulfonamides is 1. The van der Waals surface area contributed by atoms with Crippen molar-refractivity contribution in [1.29, 1.82) is 5.26 Å². The SMILES string of the molecule is N#CCC(=O)c1cc2cc(S(N)(=O)=O)ccc2o1. The van der Waals surface area contributed by atoms with Gasteiger partial charge in [0.1, 0.15) is 12.0 Å². The zero-order valence-electron chi connectivity index (χ0n) is 9.08. The van der Waals surface area contributed by atoms with Crippen LogP contribution in [0.15, 0.2) is 33.6 Å². The first-order valence-corrected chi connectivity index (χ1v) is 6.43. The Kier molecular flexibility index (Phi) is 2.90. The maximum Gasteiger partial charge on any atom is 0.238 e. The van der Waals surface area contributed by atoms with E-state index in [4.69, 9.17) is 14.8 Å². The van der Waals surface area contributed by atoms with E-state index in [1.807, 2.05) is 0 Å². The van der Waals surface area contributed by atoms with Crippen molar-refractivity contribution in [1.82, 2.24) is 0 Å². The van der Waals surface area contributed by atoms with Gasteiger partial charge in [-0.25, -0.2) is 13.6 Å². The number of rotatable bonds is 3. The van der Waals surface area contributed by atoms with Gasteiger partial charge in [0.25, 0.3) is 0 Å². The highest BCUT2D eigenvalue weighted by atomic mass is 32.2. The van der Waals surface area contributed by atoms with Crippen LogP contribution in [0, 0.1) is 11.3 Å². The van der Waals surface area contributed by atoms with Gasteiger partial charge in [-0.15, -0.1) is 0 Å². The topological polar surface area (TPSA) is 114 Å². The van der Waals surface area contributed by atoms with Crippen molar-refractivity contribution >= 4 is 26.8 Å². The number of carbonyl (C=O) groups excluding carboxylic acids is 1. The van der Waals surface area contributed by atoms with E-state index in [1.54, 1.807) is 6.07 Å². The standard InChI is InChI=1S/C11H8N2O4S/c12-4-3-9(14)11-6-7-5-8(18(13,15)16)1-2-10(7)17-11/h1-2,5-6H,3H2,(H2,13,15,16). The predicted molar refractivity (Wildman–Crippen MR) is 62.1 cm³/mol. The smallest absolute Gasteiger partial charge is 0.238 e. The number of fused-ring (bicyclic) bond motifs is 1. The van der Waals surface area contributed by atoms with Crippen LogP contribution in [-0.2, 0) is 10.0 Å². The molecule has 0 radical (unpaired) electrons. The Morgan fingerprint density at radius 1 is 1.39 bits per heavy atom. The largest absolute Gasteiger partial charge is 0.453 e. The predicted octanol–water partition coefficient (Wildman–Crippen LogP) is 1.18. The molecule has 0 spiro atoms. The fraction of sp³-hybridized carbons (Fsp3) is 0.0909. The van der Waals surface area contributed by atoms with Crippen molar-refractivity contribution in [3.05, 3.63) is 30.0 Å². The second-order valence-electron chi connectivity index (χ2n) is 3.61. The van der Waals surface area contributed by atoms with E-state index in [1.165, 1.54) is 24.3 Å². The molecule has 0 fully saturated rings. The number of nitriles is 1. The Morgan fingerprint density at radius 3 is 2.72 bits per heavy atom. The summed E-state index contributed by atoms with van der Waals surface area (Å²) in [5.74, 6) is -0.427. The van der Waals surface area contributed by atoms with Gasteiger partial charge in [-0.2, -0.15) is 5.26 Å². The first-order chi connectivity index (χ1) is 8.41. The number of carbonyl (C=O) groups is 1. The molecule has 7 heteroatoms. The van der Waals surface area contributed by atoms with Crippen LogP contribution in [0.2, 0.25) is 0 Å². The molecule has 0 bridgehead atoms. The van der Waals surface area contributed by atoms with Crippen molar-refractivity contribution in [2.75, 3.05) is 0 Å². The molecule has 2 rings (SSSR count). The average Bonchev–Trinajstić information content (AvgIpc) is 2.70. The molecule has 6 nitrogen and oxygen atoms in total. The lowest BCUT2D eigenvalue weighted by Gasteiger charge is -1.96. The average molecular weight is 264 g/mol. The van der Waals surface area contributed by atoms with Gasteiger partial charge in [0.15, 0.2) is 5.76 Å². The number of ketones is 1. The van der Waals surface area contributed by atoms with Crippen LogP contribution in [-0.4, -0.2) is 14.2 Å². The van der Waals surface area contributed by atoms with Gasteiger partial charge < -0.3 is 4.42 Å². The fourth-order valence-electron chi connectivity index (χ4n) is 1.49. The van der Waals surface area contributed by atoms with E-state index in [0.29, 0.717) is 11.0 Å². The first kappa shape index (κ1) is 12.3. The Hall–Kier alpha value is -2.17. The summed E-state index contributed by atoms with van der Waals surface area (Å²) in [6.45, 7) is 0. The molecule has 0 atom stereocenters. The van der Waals surface area contributed by atoms with E-state index >= 15 is 0 Å². The zero-order chi connectivity index (χ0) is 13.3. The molecular weight excluding hydrogens is 256 g/mol. The van der Waals surface area contributed by atoms with Gasteiger partial charge >= 0.3 is 0 Å². The molecule has 0 amide bonds. The zero-order valence-corrected chi connectivity index (χ0v) is 9.90. The molecule has 18 heavy (non-hydrogen) atoms. The molecule has 0 saturated heterocycles. The Bertz CT molecular complexity index is 768. The highest BCUT2D eigenvalue weighted by molar-refractivity contribution is 7.89. The van der Waals surface area contributed by atoms with Crippen LogP contribution < -0.4 is 5.14 Å². The molecular formula is C11H8N2O4S. The summed E-state index contributed by atoms with van der Waals surface area (Å²) in [6, 6.07) is 7.14. The van der Waals surface area contributed by atoms with Crippen LogP contribution in [0.1, 0.15) is 17.0 Å². The van der Waals surface area contributed by atoms with Crippen LogP contribution in [0.3, 0.4) is 0 Å². The quantitative estimate of drug-likeness (QED) is 0.836. The lowest BCUT2D eigenvalue weighted by molar-refractivity contribution is 0.0973. The molecule has 1 aromatic carbocycles. The number of nitrogens with two attached hydrogens (primary N) is 1. The van der Waals surface area contributed by atoms with Gasteiger partial charge in [0.2, 0.25) is 15.8 Å². The van der Waals surface area contributed by atoms with E-state index in [-0.39, 0.29) is 17.1 Å². The maximum atomic E-state index is 11.4. The highest BCUT2D eigenvalue weighted by Crippen LogP contribution is 2.23. The molecule has 0 unspecified atom stereocenters. The van der Waals surface area contributed by atoms with Crippen molar-refractivity contribution < 1.29 is 17.6 Å². The minimum absolute atomic E-state index is 0.0260. The van der Waals surface area contributed by atoms with Gasteiger partial charge in [0.05, 0.1) is 11.0 Å². The number of hydrogen-bond donors (Lipinski definition) is 1. The third kappa shape index (κ3) is 2.25. The number of hydrogen-bond acceptors (Lipinski definition) is 5. The number of nitrogens with zero attached hydrogens (tertiary/aromatic N) is 1. The monoisotopic (exact) mass is 264 g/mol. The number of primary sulfonamides is 1. The number of furan rings is 1. The van der Waals surface area contributed by atoms with E-state index in [0.717, 1.165) is 0 Å². The van der Waals surface area contributed by atoms with Gasteiger partial charge in [-0.05, 0) is 24.3 Å². The lowest BCUT2D eigenvalue weighted by atomic mass is 10.2. The van der Waals surface area contributed by atoms with Gasteiger partial charge in [-0.3, -0.25) is 4.79 Å². The van der Waals surface area contributed by atoms with Crippen LogP contribution >= 0.6 is 0 Å². The van der Waals surface area contributed by atoms with Crippen LogP contribution in [0.5, 0.6) is 0 Å². The summed E-state index contributed by atoms with van der Waals surface area (Å²) in [4.78, 5) is 11.4. The van der Waals surface area contributed by atoms with E-state index < -0.39 is 15.8 Å². The normalized spacial score (nSPS) is 11.3. The summed E-state index contributed by atoms with van der Waals surface area (Å²) in [7, 11) is -3.79. The molecule has 2 aromatic rings. The second kappa shape index (κ2) is 4.25. The minimum atomic E-state index is -3.79. The Balaban J connectivity index is 2.53. The third-order valence-corrected chi connectivity index (χ3v) is 3.24. The van der Waals surface area contributed by atoms with E-state index in [9.17, 15) is 13.2 Å². The van der Waals surface area contributed by atoms with Crippen LogP contribution in [0.25, 0.3) is 11.0 Å². The maximum absolute atomic E-state index is 11.4. The minimum Gasteiger partial charge on any atom is -0.453 e. The first-order valence-electron chi connectivity index (χ1n) is 4.88. The Morgan fingerprint density at radius 2 is 2.11 bits per heavy atom. The summed E-state index contributed by atoms with van der Waals surface area (Å²) in [6.07, 6.45) is -0.290. The number of Topliss-reactive ketones (excluding diaryl/α,β-unsaturated/α-hetero) is 1. The summed E-state index contributed by atoms with van der Waals surface area (Å²) in [5, 5.41) is 13.9. The molecule has 0 aliphatic rings. The highest BCUT2D eigenvalue weighted by Gasteiger charge is 2.14. The third-order valence-electron chi connectivity index (χ3n) is 2.33. The molecule has 1 heterocycles. The summed E-state index contributed by atoms with van der Waals surface area (Å²) in [5.41, 5.74) is 0.365. The second-order valence-corrected chi connectivity index (χ2v) is 5.17. The van der Waals surface area contributed by atoms with Crippen molar-refractivity contribution in [2.24, 2.45) is 5.14 Å². The summed E-state index contributed by atoms with van der Waals surface area (Å²) < 4.78 is 27.5. The van der Waals surface area contributed by atoms with Crippen LogP contribution in [0.4, 0.5) is 0 Å². The molecule has 1 aromatic heterocycles. The number of benzene rings is 1. The summed E-state index contributed by atoms with van der Waals surface area (Å²) >= 11 is 0. The van der Waals surface area contributed by atoms with Crippen molar-refractivity contribution in [3.8, 4) is 6.07 Å². The molecule has 92 valence electrons. The Labute approximate surface area is 103 Å². The fourth-order valence-corrected chi connectivity index (χ4v) is 2.04. The van der Waals surface area contributed by atoms with Gasteiger partial charge in [0, 0.05) is 5.39 Å². The van der Waals surface area contributed by atoms with Crippen molar-refractivity contribution in [3.63, 3.8) is 0 Å². The van der Waals surface area contributed by atoms with Crippen molar-refractivity contribution in [2.45, 2.75) is 11.3 Å². The van der Waals surface area contributed by atoms with Gasteiger partial charge in [-0.1, -0.05) is 0 Å². The van der Waals surface area contributed by atoms with E-state index in [2.05, 4.69) is 0 Å². The molecule has 2 N–H and O–H groups in total.